The summed E-state index contributed by atoms with van der Waals surface area (Å²) in [5.74, 6) is -0.250. The van der Waals surface area contributed by atoms with Crippen LogP contribution in [0.5, 0.6) is 0 Å². The molecule has 1 heterocycles. The van der Waals surface area contributed by atoms with Crippen molar-refractivity contribution in [2.24, 2.45) is 5.73 Å². The number of nitrogens with two attached hydrogens (primary N) is 2. The number of carbonyl (C=O) groups is 2. The van der Waals surface area contributed by atoms with Gasteiger partial charge in [-0.1, -0.05) is 12.1 Å². The number of hydrogen-bond acceptors (Lipinski definition) is 6. The Kier molecular flexibility index (Phi) is 8.10. The molecule has 6 N–H and O–H groups in total. The summed E-state index contributed by atoms with van der Waals surface area (Å²) in [6.07, 6.45) is 2.02. The van der Waals surface area contributed by atoms with Gasteiger partial charge in [0.25, 0.3) is 0 Å². The molecule has 1 aliphatic heterocycles. The number of amides is 1. The molecule has 0 bridgehead atoms. The van der Waals surface area contributed by atoms with Gasteiger partial charge in [-0.2, -0.15) is 0 Å². The van der Waals surface area contributed by atoms with E-state index >= 15 is 0 Å². The Morgan fingerprint density at radius 3 is 2.06 bits per heavy atom. The van der Waals surface area contributed by atoms with Gasteiger partial charge >= 0.3 is 0 Å². The molecule has 0 radical (unpaired) electrons. The minimum Gasteiger partial charge on any atom is -0.398 e. The van der Waals surface area contributed by atoms with Crippen LogP contribution in [-0.4, -0.2) is 48.8 Å². The summed E-state index contributed by atoms with van der Waals surface area (Å²) < 4.78 is 0. The number of rotatable bonds is 9. The number of ketones is 1. The first-order chi connectivity index (χ1) is 15.7. The van der Waals surface area contributed by atoms with Crippen molar-refractivity contribution in [1.29, 1.82) is 0 Å². The minimum atomic E-state index is -0.401. The van der Waals surface area contributed by atoms with Crippen molar-refractivity contribution in [3.05, 3.63) is 57.6 Å². The van der Waals surface area contributed by atoms with Crippen LogP contribution < -0.4 is 22.1 Å². The molecular formula is C26H37N5O2. The molecular weight excluding hydrogens is 414 g/mol. The molecule has 1 fully saturated rings. The van der Waals surface area contributed by atoms with Crippen molar-refractivity contribution in [2.75, 3.05) is 37.2 Å². The molecule has 1 saturated heterocycles. The zero-order valence-electron chi connectivity index (χ0n) is 20.3. The molecule has 0 aliphatic carbocycles. The highest BCUT2D eigenvalue weighted by molar-refractivity contribution is 5.92. The summed E-state index contributed by atoms with van der Waals surface area (Å²) >= 11 is 0. The van der Waals surface area contributed by atoms with Gasteiger partial charge < -0.3 is 22.1 Å². The minimum absolute atomic E-state index is 0.151. The number of likely N-dealkylation sites (tertiary alicyclic amines) is 1. The molecule has 1 aliphatic rings. The van der Waals surface area contributed by atoms with Crippen LogP contribution in [0.25, 0.3) is 0 Å². The molecule has 3 rings (SSSR count). The van der Waals surface area contributed by atoms with Gasteiger partial charge in [0.15, 0.2) is 5.78 Å². The van der Waals surface area contributed by atoms with E-state index < -0.39 is 5.91 Å². The van der Waals surface area contributed by atoms with Crippen molar-refractivity contribution < 1.29 is 9.59 Å². The van der Waals surface area contributed by atoms with Gasteiger partial charge in [-0.25, -0.2) is 0 Å². The summed E-state index contributed by atoms with van der Waals surface area (Å²) in [7, 11) is 0. The van der Waals surface area contributed by atoms with E-state index in [9.17, 15) is 9.59 Å². The maximum Gasteiger partial charge on any atom is 0.248 e. The number of nitrogens with one attached hydrogen (secondary N) is 2. The van der Waals surface area contributed by atoms with Crippen LogP contribution >= 0.6 is 0 Å². The maximum atomic E-state index is 12.5. The third-order valence-corrected chi connectivity index (χ3v) is 6.97. The summed E-state index contributed by atoms with van der Waals surface area (Å²) in [6.45, 7) is 11.6. The first kappa shape index (κ1) is 24.7. The number of benzene rings is 2. The van der Waals surface area contributed by atoms with Crippen LogP contribution in [0.4, 0.5) is 11.4 Å². The van der Waals surface area contributed by atoms with E-state index in [1.165, 1.54) is 5.56 Å². The number of nitrogens with zero attached hydrogens (tertiary/aromatic N) is 1. The predicted molar refractivity (Wildman–Crippen MR) is 135 cm³/mol. The molecule has 33 heavy (non-hydrogen) atoms. The standard InChI is InChI=1S/C26H37N5O2/c1-16-18(3)25(19(4)17(2)24(16)27)30-14-23(32)13-29-22-9-11-31(12-10-22)15-20-5-7-21(8-6-20)26(28)33/h5-8,22,29-30H,9-15,27H2,1-4H3,(H2,28,33). The molecule has 2 aromatic carbocycles. The first-order valence-corrected chi connectivity index (χ1v) is 11.6. The third kappa shape index (κ3) is 6.12. The topological polar surface area (TPSA) is 113 Å². The van der Waals surface area contributed by atoms with Gasteiger partial charge in [-0.05, 0) is 93.6 Å². The molecule has 7 nitrogen and oxygen atoms in total. The number of carbonyl (C=O) groups excluding carboxylic acids is 2. The Bertz CT molecular complexity index is 979. The molecule has 0 saturated carbocycles. The molecule has 0 unspecified atom stereocenters. The maximum absolute atomic E-state index is 12.5. The van der Waals surface area contributed by atoms with Crippen LogP contribution in [0, 0.1) is 27.7 Å². The van der Waals surface area contributed by atoms with Crippen molar-refractivity contribution >= 4 is 23.1 Å². The second-order valence-electron chi connectivity index (χ2n) is 9.17. The van der Waals surface area contributed by atoms with E-state index in [2.05, 4.69) is 15.5 Å². The van der Waals surface area contributed by atoms with Gasteiger partial charge in [0.2, 0.25) is 5.91 Å². The van der Waals surface area contributed by atoms with Gasteiger partial charge in [-0.15, -0.1) is 0 Å². The second-order valence-corrected chi connectivity index (χ2v) is 9.17. The monoisotopic (exact) mass is 451 g/mol. The Morgan fingerprint density at radius 1 is 0.939 bits per heavy atom. The Balaban J connectivity index is 1.41. The van der Waals surface area contributed by atoms with E-state index in [4.69, 9.17) is 11.5 Å². The molecule has 0 aromatic heterocycles. The lowest BCUT2D eigenvalue weighted by molar-refractivity contribution is -0.116. The molecule has 0 spiro atoms. The predicted octanol–water partition coefficient (Wildman–Crippen LogP) is 2.84. The summed E-state index contributed by atoms with van der Waals surface area (Å²) in [6, 6.07) is 7.84. The fourth-order valence-corrected chi connectivity index (χ4v) is 4.44. The van der Waals surface area contributed by atoms with E-state index in [1.807, 2.05) is 39.8 Å². The van der Waals surface area contributed by atoms with Crippen LogP contribution in [-0.2, 0) is 11.3 Å². The Hall–Kier alpha value is -2.90. The summed E-state index contributed by atoms with van der Waals surface area (Å²) in [5, 5.41) is 6.78. The van der Waals surface area contributed by atoms with Crippen LogP contribution in [0.2, 0.25) is 0 Å². The van der Waals surface area contributed by atoms with Crippen molar-refractivity contribution in [1.82, 2.24) is 10.2 Å². The van der Waals surface area contributed by atoms with Gasteiger partial charge in [-0.3, -0.25) is 14.5 Å². The number of Topliss-reactive ketones (excluding diaryl/α,β-unsaturated/α-hetero) is 1. The van der Waals surface area contributed by atoms with Gasteiger partial charge in [0.05, 0.1) is 13.1 Å². The Morgan fingerprint density at radius 2 is 1.52 bits per heavy atom. The number of piperidine rings is 1. The Labute approximate surface area is 196 Å². The van der Waals surface area contributed by atoms with Crippen LogP contribution in [0.3, 0.4) is 0 Å². The van der Waals surface area contributed by atoms with Crippen molar-refractivity contribution in [2.45, 2.75) is 53.1 Å². The SMILES string of the molecule is Cc1c(C)c(NCC(=O)CNC2CCN(Cc3ccc(C(N)=O)cc3)CC2)c(C)c(C)c1N. The number of nitrogen functional groups attached to an aromatic ring is 1. The van der Waals surface area contributed by atoms with Gasteiger partial charge in [0.1, 0.15) is 0 Å². The van der Waals surface area contributed by atoms with Gasteiger partial charge in [0, 0.05) is 29.5 Å². The average Bonchev–Trinajstić information content (AvgIpc) is 2.81. The molecule has 2 aromatic rings. The lowest BCUT2D eigenvalue weighted by atomic mass is 9.96. The lowest BCUT2D eigenvalue weighted by Gasteiger charge is -2.32. The summed E-state index contributed by atoms with van der Waals surface area (Å²) in [4.78, 5) is 26.1. The highest BCUT2D eigenvalue weighted by Gasteiger charge is 2.20. The zero-order valence-corrected chi connectivity index (χ0v) is 20.3. The average molecular weight is 452 g/mol. The molecule has 178 valence electrons. The zero-order chi connectivity index (χ0) is 24.1. The summed E-state index contributed by atoms with van der Waals surface area (Å²) in [5.41, 5.74) is 19.4. The third-order valence-electron chi connectivity index (χ3n) is 6.97. The quantitative estimate of drug-likeness (QED) is 0.436. The fraction of sp³-hybridized carbons (Fsp3) is 0.462. The molecule has 7 heteroatoms. The smallest absolute Gasteiger partial charge is 0.248 e. The number of anilines is 2. The lowest BCUT2D eigenvalue weighted by Crippen LogP contribution is -2.44. The highest BCUT2D eigenvalue weighted by atomic mass is 16.1. The van der Waals surface area contributed by atoms with Crippen LogP contribution in [0.1, 0.15) is 51.0 Å². The van der Waals surface area contributed by atoms with Crippen molar-refractivity contribution in [3.8, 4) is 0 Å². The molecule has 0 atom stereocenters. The van der Waals surface area contributed by atoms with E-state index in [0.29, 0.717) is 24.7 Å². The fourth-order valence-electron chi connectivity index (χ4n) is 4.44. The number of primary amides is 1. The van der Waals surface area contributed by atoms with Crippen LogP contribution in [0.15, 0.2) is 24.3 Å². The van der Waals surface area contributed by atoms with Crippen molar-refractivity contribution in [3.63, 3.8) is 0 Å². The van der Waals surface area contributed by atoms with E-state index in [1.54, 1.807) is 12.1 Å². The molecule has 1 amide bonds. The van der Waals surface area contributed by atoms with E-state index in [-0.39, 0.29) is 5.78 Å². The largest absolute Gasteiger partial charge is 0.398 e. The highest BCUT2D eigenvalue weighted by Crippen LogP contribution is 2.32. The van der Waals surface area contributed by atoms with E-state index in [0.717, 1.165) is 66.1 Å². The number of hydrogen-bond donors (Lipinski definition) is 4. The second kappa shape index (κ2) is 10.8. The first-order valence-electron chi connectivity index (χ1n) is 11.6. The normalized spacial score (nSPS) is 14.9.